The SMILES string of the molecule is C=CC(=O)OCC[N+](C)(C)C.Cc1ccc(S(=O)(=O)[O-])cc1. The highest BCUT2D eigenvalue weighted by atomic mass is 32.2. The van der Waals surface area contributed by atoms with E-state index < -0.39 is 10.1 Å². The highest BCUT2D eigenvalue weighted by Gasteiger charge is 2.06. The molecule has 1 aromatic carbocycles. The van der Waals surface area contributed by atoms with E-state index >= 15 is 0 Å². The van der Waals surface area contributed by atoms with Crippen LogP contribution in [0.1, 0.15) is 5.56 Å². The van der Waals surface area contributed by atoms with Crippen molar-refractivity contribution in [3.8, 4) is 0 Å². The summed E-state index contributed by atoms with van der Waals surface area (Å²) >= 11 is 0. The van der Waals surface area contributed by atoms with Crippen LogP contribution in [0, 0.1) is 6.92 Å². The van der Waals surface area contributed by atoms with Gasteiger partial charge in [0, 0.05) is 6.08 Å². The first-order chi connectivity index (χ1) is 9.95. The quantitative estimate of drug-likeness (QED) is 0.352. The molecule has 0 atom stereocenters. The van der Waals surface area contributed by atoms with E-state index in [1.54, 1.807) is 12.1 Å². The van der Waals surface area contributed by atoms with E-state index in [0.717, 1.165) is 16.6 Å². The topological polar surface area (TPSA) is 83.5 Å². The molecule has 0 N–H and O–H groups in total. The third-order valence-electron chi connectivity index (χ3n) is 2.48. The van der Waals surface area contributed by atoms with Crippen molar-refractivity contribution < 1.29 is 27.0 Å². The highest BCUT2D eigenvalue weighted by molar-refractivity contribution is 7.85. The lowest BCUT2D eigenvalue weighted by atomic mass is 10.2. The lowest BCUT2D eigenvalue weighted by Gasteiger charge is -2.23. The minimum atomic E-state index is -4.27. The summed E-state index contributed by atoms with van der Waals surface area (Å²) in [7, 11) is 1.86. The van der Waals surface area contributed by atoms with Crippen LogP contribution in [0.4, 0.5) is 0 Å². The fraction of sp³-hybridized carbons (Fsp3) is 0.400. The Bertz CT molecular complexity index is 585. The normalized spacial score (nSPS) is 11.1. The van der Waals surface area contributed by atoms with Crippen molar-refractivity contribution in [2.75, 3.05) is 34.3 Å². The fourth-order valence-electron chi connectivity index (χ4n) is 1.18. The predicted molar refractivity (Wildman–Crippen MR) is 83.2 cm³/mol. The average Bonchev–Trinajstić information content (AvgIpc) is 2.37. The van der Waals surface area contributed by atoms with Gasteiger partial charge in [-0.15, -0.1) is 0 Å². The van der Waals surface area contributed by atoms with Crippen molar-refractivity contribution in [1.82, 2.24) is 0 Å². The summed E-state index contributed by atoms with van der Waals surface area (Å²) in [5, 5.41) is 0. The van der Waals surface area contributed by atoms with E-state index in [4.69, 9.17) is 4.74 Å². The molecule has 0 saturated heterocycles. The van der Waals surface area contributed by atoms with Crippen molar-refractivity contribution >= 4 is 16.1 Å². The van der Waals surface area contributed by atoms with E-state index in [9.17, 15) is 17.8 Å². The number of esters is 1. The zero-order chi connectivity index (χ0) is 17.4. The highest BCUT2D eigenvalue weighted by Crippen LogP contribution is 2.08. The fourth-order valence-corrected chi connectivity index (χ4v) is 1.65. The Kier molecular flexibility index (Phi) is 8.00. The van der Waals surface area contributed by atoms with Crippen LogP contribution in [0.2, 0.25) is 0 Å². The maximum absolute atomic E-state index is 10.6. The smallest absolute Gasteiger partial charge is 0.330 e. The van der Waals surface area contributed by atoms with Crippen molar-refractivity contribution in [2.24, 2.45) is 0 Å². The summed E-state index contributed by atoms with van der Waals surface area (Å²) in [6.07, 6.45) is 1.18. The first-order valence-corrected chi connectivity index (χ1v) is 7.99. The standard InChI is InChI=1S/C8H16NO2.C7H8O3S/c1-5-8(10)11-7-6-9(2,3)4;1-6-2-4-7(5-3-6)11(8,9)10/h5H,1,6-7H2,2-4H3;2-5H,1H3,(H,8,9,10)/q+1;/p-1. The van der Waals surface area contributed by atoms with E-state index in [-0.39, 0.29) is 10.9 Å². The molecule has 1 rings (SSSR count). The molecule has 124 valence electrons. The second kappa shape index (κ2) is 8.67. The molecule has 0 aromatic heterocycles. The molecule has 0 unspecified atom stereocenters. The Hall–Kier alpha value is -1.70. The summed E-state index contributed by atoms with van der Waals surface area (Å²) in [4.78, 5) is 10.4. The van der Waals surface area contributed by atoms with Crippen LogP contribution in [0.3, 0.4) is 0 Å². The van der Waals surface area contributed by atoms with Crippen LogP contribution in [-0.4, -0.2) is 57.7 Å². The average molecular weight is 329 g/mol. The molecule has 0 amide bonds. The monoisotopic (exact) mass is 329 g/mol. The molecule has 0 radical (unpaired) electrons. The molecular weight excluding hydrogens is 306 g/mol. The molecule has 0 fully saturated rings. The molecular formula is C15H23NO5S. The Balaban J connectivity index is 0.000000401. The molecule has 22 heavy (non-hydrogen) atoms. The van der Waals surface area contributed by atoms with Crippen LogP contribution >= 0.6 is 0 Å². The van der Waals surface area contributed by atoms with Gasteiger partial charge in [0.15, 0.2) is 0 Å². The van der Waals surface area contributed by atoms with Gasteiger partial charge < -0.3 is 13.8 Å². The van der Waals surface area contributed by atoms with Crippen molar-refractivity contribution in [3.63, 3.8) is 0 Å². The number of ether oxygens (including phenoxy) is 1. The first kappa shape index (κ1) is 20.3. The zero-order valence-electron chi connectivity index (χ0n) is 13.4. The minimum Gasteiger partial charge on any atom is -0.744 e. The number of hydrogen-bond donors (Lipinski definition) is 0. The van der Waals surface area contributed by atoms with Gasteiger partial charge in [0.05, 0.1) is 26.0 Å². The summed E-state index contributed by atoms with van der Waals surface area (Å²) in [5.41, 5.74) is 0.928. The zero-order valence-corrected chi connectivity index (χ0v) is 14.2. The maximum atomic E-state index is 10.6. The third-order valence-corrected chi connectivity index (χ3v) is 3.33. The van der Waals surface area contributed by atoms with Gasteiger partial charge in [-0.25, -0.2) is 13.2 Å². The van der Waals surface area contributed by atoms with E-state index in [1.165, 1.54) is 18.2 Å². The minimum absolute atomic E-state index is 0.178. The van der Waals surface area contributed by atoms with E-state index in [2.05, 4.69) is 6.58 Å². The number of nitrogens with zero attached hydrogens (tertiary/aromatic N) is 1. The van der Waals surface area contributed by atoms with Gasteiger partial charge >= 0.3 is 5.97 Å². The van der Waals surface area contributed by atoms with Crippen LogP contribution in [0.25, 0.3) is 0 Å². The number of carbonyl (C=O) groups excluding carboxylic acids is 1. The van der Waals surface area contributed by atoms with Gasteiger partial charge in [0.2, 0.25) is 0 Å². The number of quaternary nitrogens is 1. The third kappa shape index (κ3) is 10.1. The molecule has 0 aliphatic carbocycles. The molecule has 0 aliphatic heterocycles. The molecule has 0 spiro atoms. The Labute approximate surface area is 132 Å². The van der Waals surface area contributed by atoms with Crippen LogP contribution < -0.4 is 0 Å². The van der Waals surface area contributed by atoms with Gasteiger partial charge in [-0.05, 0) is 19.1 Å². The largest absolute Gasteiger partial charge is 0.744 e. The van der Waals surface area contributed by atoms with Gasteiger partial charge in [0.1, 0.15) is 23.3 Å². The number of rotatable bonds is 5. The Morgan fingerprint density at radius 1 is 1.27 bits per heavy atom. The number of aryl methyl sites for hydroxylation is 1. The van der Waals surface area contributed by atoms with E-state index in [0.29, 0.717) is 6.61 Å². The van der Waals surface area contributed by atoms with Gasteiger partial charge in [-0.1, -0.05) is 24.3 Å². The lowest BCUT2D eigenvalue weighted by Crippen LogP contribution is -2.37. The Morgan fingerprint density at radius 2 is 1.77 bits per heavy atom. The summed E-state index contributed by atoms with van der Waals surface area (Å²) in [6.45, 7) is 6.39. The lowest BCUT2D eigenvalue weighted by molar-refractivity contribution is -0.870. The van der Waals surface area contributed by atoms with Crippen molar-refractivity contribution in [2.45, 2.75) is 11.8 Å². The van der Waals surface area contributed by atoms with Crippen LogP contribution in [0.5, 0.6) is 0 Å². The van der Waals surface area contributed by atoms with Gasteiger partial charge in [-0.2, -0.15) is 0 Å². The second-order valence-corrected chi connectivity index (χ2v) is 7.03. The molecule has 6 nitrogen and oxygen atoms in total. The van der Waals surface area contributed by atoms with Gasteiger partial charge in [0.25, 0.3) is 0 Å². The molecule has 7 heteroatoms. The molecule has 0 saturated carbocycles. The summed E-state index contributed by atoms with van der Waals surface area (Å²) in [5.74, 6) is -0.349. The second-order valence-electron chi connectivity index (χ2n) is 5.65. The predicted octanol–water partition coefficient (Wildman–Crippen LogP) is 1.32. The number of hydrogen-bond acceptors (Lipinski definition) is 5. The number of carbonyl (C=O) groups is 1. The van der Waals surface area contributed by atoms with Crippen molar-refractivity contribution in [1.29, 1.82) is 0 Å². The maximum Gasteiger partial charge on any atom is 0.330 e. The van der Waals surface area contributed by atoms with Crippen LogP contribution in [-0.2, 0) is 19.6 Å². The van der Waals surface area contributed by atoms with Gasteiger partial charge in [-0.3, -0.25) is 0 Å². The molecule has 0 bridgehead atoms. The summed E-state index contributed by atoms with van der Waals surface area (Å²) < 4.78 is 36.8. The molecule has 0 heterocycles. The first-order valence-electron chi connectivity index (χ1n) is 6.58. The van der Waals surface area contributed by atoms with E-state index in [1.807, 2.05) is 28.1 Å². The summed E-state index contributed by atoms with van der Waals surface area (Å²) in [6, 6.07) is 5.78. The number of benzene rings is 1. The molecule has 1 aromatic rings. The van der Waals surface area contributed by atoms with Crippen molar-refractivity contribution in [3.05, 3.63) is 42.5 Å². The Morgan fingerprint density at radius 3 is 2.14 bits per heavy atom. The molecule has 0 aliphatic rings. The van der Waals surface area contributed by atoms with Crippen LogP contribution in [0.15, 0.2) is 41.8 Å². The number of likely N-dealkylation sites (N-methyl/N-ethyl adjacent to an activating group) is 1.